The van der Waals surface area contributed by atoms with Crippen LogP contribution in [0, 0.1) is 5.92 Å². The first-order valence-corrected chi connectivity index (χ1v) is 8.81. The van der Waals surface area contributed by atoms with Gasteiger partial charge in [0, 0.05) is 15.9 Å². The number of nitrogens with zero attached hydrogens (tertiary/aromatic N) is 2. The SMILES string of the molecule is Brc1csc(-c2noc(C3CC4CCCCC4N3)n2)c1. The van der Waals surface area contributed by atoms with E-state index in [4.69, 9.17) is 4.52 Å². The van der Waals surface area contributed by atoms with Crippen LogP contribution in [-0.4, -0.2) is 16.2 Å². The Hall–Kier alpha value is -0.720. The van der Waals surface area contributed by atoms with Gasteiger partial charge in [-0.15, -0.1) is 11.3 Å². The molecule has 0 aromatic carbocycles. The molecule has 4 nitrogen and oxygen atoms in total. The molecule has 1 aliphatic heterocycles. The number of halogens is 1. The van der Waals surface area contributed by atoms with Crippen LogP contribution in [-0.2, 0) is 0 Å². The Kier molecular flexibility index (Phi) is 3.40. The molecule has 2 fully saturated rings. The van der Waals surface area contributed by atoms with Crippen molar-refractivity contribution in [2.24, 2.45) is 5.92 Å². The van der Waals surface area contributed by atoms with E-state index in [-0.39, 0.29) is 6.04 Å². The van der Waals surface area contributed by atoms with Crippen LogP contribution in [0.4, 0.5) is 0 Å². The lowest BCUT2D eigenvalue weighted by molar-refractivity contribution is 0.324. The molecule has 1 N–H and O–H groups in total. The predicted molar refractivity (Wildman–Crippen MR) is 81.6 cm³/mol. The molecule has 0 bridgehead atoms. The quantitative estimate of drug-likeness (QED) is 0.880. The van der Waals surface area contributed by atoms with Crippen molar-refractivity contribution in [3.63, 3.8) is 0 Å². The fourth-order valence-electron chi connectivity index (χ4n) is 3.42. The Morgan fingerprint density at radius 3 is 3.05 bits per heavy atom. The van der Waals surface area contributed by atoms with Gasteiger partial charge in [-0.2, -0.15) is 4.98 Å². The van der Waals surface area contributed by atoms with Gasteiger partial charge in [0.15, 0.2) is 0 Å². The number of fused-ring (bicyclic) bond motifs is 1. The monoisotopic (exact) mass is 353 g/mol. The van der Waals surface area contributed by atoms with Crippen molar-refractivity contribution < 1.29 is 4.52 Å². The highest BCUT2D eigenvalue weighted by molar-refractivity contribution is 9.10. The number of aromatic nitrogens is 2. The fraction of sp³-hybridized carbons (Fsp3) is 0.571. The van der Waals surface area contributed by atoms with Crippen LogP contribution in [0.3, 0.4) is 0 Å². The summed E-state index contributed by atoms with van der Waals surface area (Å²) < 4.78 is 6.55. The van der Waals surface area contributed by atoms with Gasteiger partial charge in [-0.3, -0.25) is 0 Å². The van der Waals surface area contributed by atoms with Crippen molar-refractivity contribution in [3.8, 4) is 10.7 Å². The molecular weight excluding hydrogens is 338 g/mol. The molecule has 3 unspecified atom stereocenters. The number of hydrogen-bond acceptors (Lipinski definition) is 5. The van der Waals surface area contributed by atoms with Crippen LogP contribution >= 0.6 is 27.3 Å². The van der Waals surface area contributed by atoms with Gasteiger partial charge in [-0.25, -0.2) is 0 Å². The highest BCUT2D eigenvalue weighted by Gasteiger charge is 2.38. The van der Waals surface area contributed by atoms with Crippen molar-refractivity contribution in [2.75, 3.05) is 0 Å². The van der Waals surface area contributed by atoms with Crippen molar-refractivity contribution in [1.82, 2.24) is 15.5 Å². The van der Waals surface area contributed by atoms with Gasteiger partial charge in [0.25, 0.3) is 0 Å². The summed E-state index contributed by atoms with van der Waals surface area (Å²) in [5.74, 6) is 2.24. The first-order chi connectivity index (χ1) is 9.79. The van der Waals surface area contributed by atoms with Gasteiger partial charge in [0.2, 0.25) is 11.7 Å². The summed E-state index contributed by atoms with van der Waals surface area (Å²) in [5, 5.41) is 9.84. The molecule has 0 amide bonds. The normalized spacial score (nSPS) is 29.6. The van der Waals surface area contributed by atoms with Gasteiger partial charge >= 0.3 is 0 Å². The predicted octanol–water partition coefficient (Wildman–Crippen LogP) is 4.15. The molecule has 3 atom stereocenters. The molecule has 2 aromatic rings. The Balaban J connectivity index is 1.54. The minimum Gasteiger partial charge on any atom is -0.337 e. The van der Waals surface area contributed by atoms with Crippen LogP contribution < -0.4 is 5.32 Å². The first kappa shape index (κ1) is 13.0. The second-order valence-corrected chi connectivity index (χ2v) is 7.52. The largest absolute Gasteiger partial charge is 0.337 e. The van der Waals surface area contributed by atoms with E-state index in [1.807, 2.05) is 11.4 Å². The molecule has 0 radical (unpaired) electrons. The molecule has 106 valence electrons. The number of hydrogen-bond donors (Lipinski definition) is 1. The van der Waals surface area contributed by atoms with E-state index < -0.39 is 0 Å². The topological polar surface area (TPSA) is 51.0 Å². The van der Waals surface area contributed by atoms with Gasteiger partial charge in [-0.1, -0.05) is 18.0 Å². The van der Waals surface area contributed by atoms with Gasteiger partial charge in [-0.05, 0) is 47.2 Å². The minimum atomic E-state index is 0.243. The van der Waals surface area contributed by atoms with Crippen molar-refractivity contribution >= 4 is 27.3 Å². The van der Waals surface area contributed by atoms with Gasteiger partial charge in [0.05, 0.1) is 10.9 Å². The van der Waals surface area contributed by atoms with E-state index in [9.17, 15) is 0 Å². The highest BCUT2D eigenvalue weighted by atomic mass is 79.9. The van der Waals surface area contributed by atoms with E-state index in [0.717, 1.165) is 27.6 Å². The van der Waals surface area contributed by atoms with E-state index in [0.29, 0.717) is 11.9 Å². The molecule has 1 aliphatic carbocycles. The van der Waals surface area contributed by atoms with Gasteiger partial charge in [0.1, 0.15) is 0 Å². The molecule has 2 aromatic heterocycles. The summed E-state index contributed by atoms with van der Waals surface area (Å²) >= 11 is 5.08. The van der Waals surface area contributed by atoms with E-state index in [2.05, 4.69) is 31.4 Å². The van der Waals surface area contributed by atoms with Crippen LogP contribution in [0.1, 0.15) is 44.0 Å². The Labute approximate surface area is 130 Å². The molecule has 0 spiro atoms. The lowest BCUT2D eigenvalue weighted by Gasteiger charge is -2.24. The lowest BCUT2D eigenvalue weighted by Crippen LogP contribution is -2.30. The summed E-state index contributed by atoms with van der Waals surface area (Å²) in [6.07, 6.45) is 6.49. The summed E-state index contributed by atoms with van der Waals surface area (Å²) in [6, 6.07) is 2.92. The molecular formula is C14H16BrN3OS. The first-order valence-electron chi connectivity index (χ1n) is 7.13. The van der Waals surface area contributed by atoms with Gasteiger partial charge < -0.3 is 9.84 Å². The zero-order chi connectivity index (χ0) is 13.5. The third-order valence-electron chi connectivity index (χ3n) is 4.39. The summed E-state index contributed by atoms with van der Waals surface area (Å²) in [6.45, 7) is 0. The summed E-state index contributed by atoms with van der Waals surface area (Å²) in [4.78, 5) is 5.63. The maximum atomic E-state index is 5.49. The smallest absolute Gasteiger partial charge is 0.244 e. The van der Waals surface area contributed by atoms with Crippen molar-refractivity contribution in [1.29, 1.82) is 0 Å². The second-order valence-electron chi connectivity index (χ2n) is 5.69. The minimum absolute atomic E-state index is 0.243. The molecule has 3 heterocycles. The Bertz CT molecular complexity index is 597. The zero-order valence-electron chi connectivity index (χ0n) is 11.0. The maximum Gasteiger partial charge on any atom is 0.244 e. The van der Waals surface area contributed by atoms with Crippen LogP contribution in [0.5, 0.6) is 0 Å². The highest BCUT2D eigenvalue weighted by Crippen LogP contribution is 2.39. The maximum absolute atomic E-state index is 5.49. The zero-order valence-corrected chi connectivity index (χ0v) is 13.4. The lowest BCUT2D eigenvalue weighted by atomic mass is 9.85. The van der Waals surface area contributed by atoms with E-state index >= 15 is 0 Å². The molecule has 1 saturated carbocycles. The molecule has 4 rings (SSSR count). The number of nitrogens with one attached hydrogen (secondary N) is 1. The van der Waals surface area contributed by atoms with E-state index in [1.54, 1.807) is 11.3 Å². The van der Waals surface area contributed by atoms with Crippen LogP contribution in [0.15, 0.2) is 20.4 Å². The standard InChI is InChI=1S/C14H16BrN3OS/c15-9-6-12(20-7-9)13-17-14(19-18-13)11-5-8-3-1-2-4-10(8)16-11/h6-8,10-11,16H,1-5H2. The van der Waals surface area contributed by atoms with E-state index in [1.165, 1.54) is 25.7 Å². The molecule has 1 saturated heterocycles. The third kappa shape index (κ3) is 2.34. The number of thiophene rings is 1. The molecule has 6 heteroatoms. The summed E-state index contributed by atoms with van der Waals surface area (Å²) in [5.41, 5.74) is 0. The third-order valence-corrected chi connectivity index (χ3v) is 6.08. The average Bonchev–Trinajstić information content (AvgIpc) is 3.16. The van der Waals surface area contributed by atoms with Crippen LogP contribution in [0.2, 0.25) is 0 Å². The van der Waals surface area contributed by atoms with Crippen molar-refractivity contribution in [2.45, 2.75) is 44.2 Å². The molecule has 2 aliphatic rings. The Morgan fingerprint density at radius 1 is 1.35 bits per heavy atom. The average molecular weight is 354 g/mol. The van der Waals surface area contributed by atoms with Crippen molar-refractivity contribution in [3.05, 3.63) is 21.8 Å². The molecule has 20 heavy (non-hydrogen) atoms. The second kappa shape index (κ2) is 5.24. The Morgan fingerprint density at radius 2 is 2.25 bits per heavy atom. The fourth-order valence-corrected chi connectivity index (χ4v) is 4.77. The number of rotatable bonds is 2. The summed E-state index contributed by atoms with van der Waals surface area (Å²) in [7, 11) is 0. The van der Waals surface area contributed by atoms with Crippen LogP contribution in [0.25, 0.3) is 10.7 Å².